The van der Waals surface area contributed by atoms with Crippen LogP contribution in [0.4, 0.5) is 0 Å². The van der Waals surface area contributed by atoms with E-state index in [1.54, 1.807) is 18.2 Å². The molecular formula is C16H18Cl2N4O. The molecule has 0 aliphatic carbocycles. The monoisotopic (exact) mass is 352 g/mol. The van der Waals surface area contributed by atoms with Crippen LogP contribution in [0.2, 0.25) is 10.0 Å². The van der Waals surface area contributed by atoms with Crippen LogP contribution in [0, 0.1) is 0 Å². The summed E-state index contributed by atoms with van der Waals surface area (Å²) < 4.78 is 2.13. The molecule has 2 aromatic rings. The van der Waals surface area contributed by atoms with E-state index in [2.05, 4.69) is 20.1 Å². The van der Waals surface area contributed by atoms with Crippen LogP contribution < -0.4 is 5.32 Å². The molecule has 0 saturated carbocycles. The molecule has 0 spiro atoms. The van der Waals surface area contributed by atoms with Crippen molar-refractivity contribution in [2.75, 3.05) is 0 Å². The largest absolute Gasteiger partial charge is 0.349 e. The molecule has 3 rings (SSSR count). The summed E-state index contributed by atoms with van der Waals surface area (Å²) in [7, 11) is 0. The van der Waals surface area contributed by atoms with Crippen molar-refractivity contribution in [3.8, 4) is 0 Å². The molecule has 1 aliphatic rings. The first kappa shape index (κ1) is 16.3. The van der Waals surface area contributed by atoms with Gasteiger partial charge in [0.25, 0.3) is 0 Å². The maximum atomic E-state index is 12.1. The summed E-state index contributed by atoms with van der Waals surface area (Å²) in [6.07, 6.45) is 4.68. The maximum Gasteiger partial charge on any atom is 0.224 e. The molecule has 122 valence electrons. The zero-order valence-electron chi connectivity index (χ0n) is 12.7. The van der Waals surface area contributed by atoms with E-state index in [0.717, 1.165) is 43.0 Å². The number of carbonyl (C=O) groups excluding carboxylic acids is 1. The molecule has 1 aromatic heterocycles. The maximum absolute atomic E-state index is 12.1. The van der Waals surface area contributed by atoms with Gasteiger partial charge in [0, 0.05) is 23.0 Å². The lowest BCUT2D eigenvalue weighted by Gasteiger charge is -2.09. The minimum Gasteiger partial charge on any atom is -0.349 e. The number of hydrogen-bond donors (Lipinski definition) is 1. The van der Waals surface area contributed by atoms with Crippen LogP contribution in [0.5, 0.6) is 0 Å². The normalized spacial score (nSPS) is 14.2. The zero-order valence-corrected chi connectivity index (χ0v) is 14.2. The molecule has 23 heavy (non-hydrogen) atoms. The highest BCUT2D eigenvalue weighted by molar-refractivity contribution is 6.35. The molecular weight excluding hydrogens is 335 g/mol. The Labute approximate surface area is 145 Å². The first-order chi connectivity index (χ1) is 11.1. The number of hydrogen-bond acceptors (Lipinski definition) is 3. The van der Waals surface area contributed by atoms with E-state index in [-0.39, 0.29) is 12.3 Å². The van der Waals surface area contributed by atoms with Crippen LogP contribution >= 0.6 is 23.2 Å². The molecule has 0 bridgehead atoms. The van der Waals surface area contributed by atoms with Gasteiger partial charge in [-0.05, 0) is 30.5 Å². The Morgan fingerprint density at radius 2 is 2.09 bits per heavy atom. The second-order valence-corrected chi connectivity index (χ2v) is 6.53. The van der Waals surface area contributed by atoms with Crippen LogP contribution in [0.1, 0.15) is 36.5 Å². The summed E-state index contributed by atoms with van der Waals surface area (Å²) in [5, 5.41) is 12.4. The molecule has 2 heterocycles. The van der Waals surface area contributed by atoms with E-state index in [1.807, 2.05) is 0 Å². The summed E-state index contributed by atoms with van der Waals surface area (Å²) in [5.41, 5.74) is 0.758. The van der Waals surface area contributed by atoms with Gasteiger partial charge >= 0.3 is 0 Å². The van der Waals surface area contributed by atoms with Crippen LogP contribution in [-0.2, 0) is 30.7 Å². The van der Waals surface area contributed by atoms with Crippen molar-refractivity contribution in [3.05, 3.63) is 45.5 Å². The molecule has 0 saturated heterocycles. The molecule has 0 unspecified atom stereocenters. The molecule has 1 aliphatic heterocycles. The van der Waals surface area contributed by atoms with Crippen molar-refractivity contribution in [2.45, 2.75) is 45.2 Å². The molecule has 0 fully saturated rings. The second kappa shape index (κ2) is 7.32. The number of halogens is 2. The van der Waals surface area contributed by atoms with Gasteiger partial charge in [-0.15, -0.1) is 10.2 Å². The predicted octanol–water partition coefficient (Wildman–Crippen LogP) is 3.17. The van der Waals surface area contributed by atoms with Gasteiger partial charge in [0.1, 0.15) is 5.82 Å². The molecule has 1 N–H and O–H groups in total. The van der Waals surface area contributed by atoms with E-state index in [0.29, 0.717) is 16.6 Å². The second-order valence-electron chi connectivity index (χ2n) is 5.68. The lowest BCUT2D eigenvalue weighted by atomic mass is 10.1. The third kappa shape index (κ3) is 4.03. The summed E-state index contributed by atoms with van der Waals surface area (Å²) in [6, 6.07) is 5.14. The number of nitrogens with one attached hydrogen (secondary N) is 1. The van der Waals surface area contributed by atoms with Crippen molar-refractivity contribution in [3.63, 3.8) is 0 Å². The number of benzene rings is 1. The highest BCUT2D eigenvalue weighted by Crippen LogP contribution is 2.21. The van der Waals surface area contributed by atoms with Crippen LogP contribution in [0.3, 0.4) is 0 Å². The van der Waals surface area contributed by atoms with Gasteiger partial charge in [-0.1, -0.05) is 35.7 Å². The van der Waals surface area contributed by atoms with E-state index >= 15 is 0 Å². The van der Waals surface area contributed by atoms with Crippen LogP contribution in [0.15, 0.2) is 18.2 Å². The number of aryl methyl sites for hydroxylation is 1. The SMILES string of the molecule is O=C(Cc1ccc(Cl)cc1Cl)NCc1nnc2n1CCCCC2. The fourth-order valence-electron chi connectivity index (χ4n) is 2.75. The summed E-state index contributed by atoms with van der Waals surface area (Å²) in [4.78, 5) is 12.1. The number of carbonyl (C=O) groups is 1. The van der Waals surface area contributed by atoms with Crippen LogP contribution in [0.25, 0.3) is 0 Å². The van der Waals surface area contributed by atoms with Gasteiger partial charge in [-0.3, -0.25) is 4.79 Å². The number of fused-ring (bicyclic) bond motifs is 1. The Bertz CT molecular complexity index is 714. The Morgan fingerprint density at radius 3 is 2.91 bits per heavy atom. The molecule has 5 nitrogen and oxygen atoms in total. The lowest BCUT2D eigenvalue weighted by molar-refractivity contribution is -0.120. The Balaban J connectivity index is 1.60. The predicted molar refractivity (Wildman–Crippen MR) is 89.6 cm³/mol. The third-order valence-electron chi connectivity index (χ3n) is 4.00. The topological polar surface area (TPSA) is 59.8 Å². The lowest BCUT2D eigenvalue weighted by Crippen LogP contribution is -2.26. The van der Waals surface area contributed by atoms with Crippen molar-refractivity contribution < 1.29 is 4.79 Å². The van der Waals surface area contributed by atoms with Gasteiger partial charge in [0.2, 0.25) is 5.91 Å². The van der Waals surface area contributed by atoms with Crippen molar-refractivity contribution in [1.29, 1.82) is 0 Å². The number of amides is 1. The fraction of sp³-hybridized carbons (Fsp3) is 0.438. The van der Waals surface area contributed by atoms with E-state index in [1.165, 1.54) is 6.42 Å². The molecule has 0 atom stereocenters. The molecule has 0 radical (unpaired) electrons. The average molecular weight is 353 g/mol. The van der Waals surface area contributed by atoms with E-state index in [4.69, 9.17) is 23.2 Å². The first-order valence-corrected chi connectivity index (χ1v) is 8.50. The number of aromatic nitrogens is 3. The quantitative estimate of drug-likeness (QED) is 0.919. The Kier molecular flexibility index (Phi) is 5.18. The highest BCUT2D eigenvalue weighted by atomic mass is 35.5. The number of rotatable bonds is 4. The number of nitrogens with zero attached hydrogens (tertiary/aromatic N) is 3. The standard InChI is InChI=1S/C16H18Cl2N4O/c17-12-6-5-11(13(18)9-12)8-16(23)19-10-15-21-20-14-4-2-1-3-7-22(14)15/h5-6,9H,1-4,7-8,10H2,(H,19,23). The van der Waals surface area contributed by atoms with Crippen molar-refractivity contribution >= 4 is 29.1 Å². The minimum atomic E-state index is -0.0970. The third-order valence-corrected chi connectivity index (χ3v) is 4.58. The van der Waals surface area contributed by atoms with Gasteiger partial charge in [0.15, 0.2) is 5.82 Å². The Hall–Kier alpha value is -1.59. The van der Waals surface area contributed by atoms with Gasteiger partial charge < -0.3 is 9.88 Å². The highest BCUT2D eigenvalue weighted by Gasteiger charge is 2.15. The molecule has 7 heteroatoms. The van der Waals surface area contributed by atoms with Gasteiger partial charge in [0.05, 0.1) is 13.0 Å². The average Bonchev–Trinajstić information content (AvgIpc) is 2.75. The Morgan fingerprint density at radius 1 is 1.22 bits per heavy atom. The first-order valence-electron chi connectivity index (χ1n) is 7.75. The molecule has 1 aromatic carbocycles. The summed E-state index contributed by atoms with van der Waals surface area (Å²) in [5.74, 6) is 1.74. The van der Waals surface area contributed by atoms with E-state index in [9.17, 15) is 4.79 Å². The minimum absolute atomic E-state index is 0.0970. The van der Waals surface area contributed by atoms with Gasteiger partial charge in [-0.2, -0.15) is 0 Å². The van der Waals surface area contributed by atoms with Gasteiger partial charge in [-0.25, -0.2) is 0 Å². The zero-order chi connectivity index (χ0) is 16.2. The fourth-order valence-corrected chi connectivity index (χ4v) is 3.23. The molecule has 1 amide bonds. The summed E-state index contributed by atoms with van der Waals surface area (Å²) >= 11 is 12.0. The van der Waals surface area contributed by atoms with Crippen molar-refractivity contribution in [1.82, 2.24) is 20.1 Å². The van der Waals surface area contributed by atoms with Crippen molar-refractivity contribution in [2.24, 2.45) is 0 Å². The van der Waals surface area contributed by atoms with E-state index < -0.39 is 0 Å². The summed E-state index contributed by atoms with van der Waals surface area (Å²) in [6.45, 7) is 1.31. The van der Waals surface area contributed by atoms with Crippen LogP contribution in [-0.4, -0.2) is 20.7 Å². The smallest absolute Gasteiger partial charge is 0.224 e.